The van der Waals surface area contributed by atoms with Gasteiger partial charge in [-0.1, -0.05) is 0 Å². The van der Waals surface area contributed by atoms with Gasteiger partial charge in [0.2, 0.25) is 0 Å². The first-order valence-electron chi connectivity index (χ1n) is 7.28. The van der Waals surface area contributed by atoms with Gasteiger partial charge in [-0.2, -0.15) is 0 Å². The van der Waals surface area contributed by atoms with E-state index in [1.165, 1.54) is 12.8 Å². The maximum absolute atomic E-state index is 4.69. The molecule has 1 aliphatic rings. The molecule has 0 saturated carbocycles. The average molecular weight is 271 g/mol. The second kappa shape index (κ2) is 5.71. The van der Waals surface area contributed by atoms with Crippen LogP contribution in [0.15, 0.2) is 12.3 Å². The molecule has 2 aromatic heterocycles. The van der Waals surface area contributed by atoms with E-state index in [1.807, 2.05) is 26.1 Å². The van der Waals surface area contributed by atoms with Crippen LogP contribution >= 0.6 is 0 Å². The van der Waals surface area contributed by atoms with Crippen molar-refractivity contribution >= 4 is 0 Å². The zero-order valence-corrected chi connectivity index (χ0v) is 12.1. The largest absolute Gasteiger partial charge is 0.341 e. The molecular weight excluding hydrogens is 250 g/mol. The number of hydrogen-bond donors (Lipinski definition) is 2. The first kappa shape index (κ1) is 13.2. The van der Waals surface area contributed by atoms with Gasteiger partial charge in [-0.05, 0) is 51.8 Å². The van der Waals surface area contributed by atoms with Crippen LogP contribution in [0, 0.1) is 19.8 Å². The Kier molecular flexibility index (Phi) is 3.78. The number of nitrogens with one attached hydrogen (secondary N) is 2. The van der Waals surface area contributed by atoms with Crippen molar-refractivity contribution in [1.29, 1.82) is 0 Å². The molecule has 3 heterocycles. The Hall–Kier alpha value is -1.75. The molecular formula is C15H21N5. The monoisotopic (exact) mass is 271 g/mol. The molecule has 20 heavy (non-hydrogen) atoms. The summed E-state index contributed by atoms with van der Waals surface area (Å²) in [4.78, 5) is 16.9. The predicted molar refractivity (Wildman–Crippen MR) is 78.4 cm³/mol. The summed E-state index contributed by atoms with van der Waals surface area (Å²) >= 11 is 0. The highest BCUT2D eigenvalue weighted by Gasteiger charge is 2.16. The van der Waals surface area contributed by atoms with E-state index >= 15 is 0 Å². The number of aromatic amines is 1. The lowest BCUT2D eigenvalue weighted by molar-refractivity contribution is 0.367. The zero-order chi connectivity index (χ0) is 13.9. The summed E-state index contributed by atoms with van der Waals surface area (Å²) < 4.78 is 0. The average Bonchev–Trinajstić information content (AvgIpc) is 2.86. The zero-order valence-electron chi connectivity index (χ0n) is 12.1. The third-order valence-corrected chi connectivity index (χ3v) is 3.78. The lowest BCUT2D eigenvalue weighted by Gasteiger charge is -2.21. The molecule has 0 radical (unpaired) electrons. The van der Waals surface area contributed by atoms with Crippen molar-refractivity contribution < 1.29 is 0 Å². The number of aromatic nitrogens is 4. The molecule has 2 aromatic rings. The molecule has 5 heteroatoms. The van der Waals surface area contributed by atoms with Crippen molar-refractivity contribution in [2.24, 2.45) is 5.92 Å². The lowest BCUT2D eigenvalue weighted by atomic mass is 9.94. The minimum absolute atomic E-state index is 0.698. The highest BCUT2D eigenvalue weighted by Crippen LogP contribution is 2.19. The number of imidazole rings is 1. The molecule has 0 bridgehead atoms. The fourth-order valence-electron chi connectivity index (χ4n) is 2.73. The first-order valence-corrected chi connectivity index (χ1v) is 7.28. The number of aryl methyl sites for hydroxylation is 2. The second-order valence-electron chi connectivity index (χ2n) is 5.62. The molecule has 0 spiro atoms. The molecule has 0 aromatic carbocycles. The van der Waals surface area contributed by atoms with Crippen LogP contribution in [-0.4, -0.2) is 33.0 Å². The lowest BCUT2D eigenvalue weighted by Crippen LogP contribution is -2.29. The second-order valence-corrected chi connectivity index (χ2v) is 5.62. The van der Waals surface area contributed by atoms with Crippen LogP contribution in [0.2, 0.25) is 0 Å². The Morgan fingerprint density at radius 3 is 2.70 bits per heavy atom. The van der Waals surface area contributed by atoms with Gasteiger partial charge in [0.05, 0.1) is 0 Å². The third-order valence-electron chi connectivity index (χ3n) is 3.78. The minimum Gasteiger partial charge on any atom is -0.341 e. The number of H-pyrrole nitrogens is 1. The van der Waals surface area contributed by atoms with Crippen LogP contribution in [0.25, 0.3) is 11.5 Å². The third kappa shape index (κ3) is 3.04. The van der Waals surface area contributed by atoms with Gasteiger partial charge in [0, 0.05) is 24.0 Å². The number of piperidine rings is 1. The van der Waals surface area contributed by atoms with E-state index in [0.717, 1.165) is 48.2 Å². The Morgan fingerprint density at radius 2 is 2.00 bits per heavy atom. The van der Waals surface area contributed by atoms with Crippen LogP contribution in [0.1, 0.15) is 30.1 Å². The van der Waals surface area contributed by atoms with Crippen LogP contribution in [0.3, 0.4) is 0 Å². The summed E-state index contributed by atoms with van der Waals surface area (Å²) in [6.45, 7) is 6.24. The van der Waals surface area contributed by atoms with Crippen molar-refractivity contribution in [3.8, 4) is 11.5 Å². The van der Waals surface area contributed by atoms with Gasteiger partial charge in [-0.25, -0.2) is 15.0 Å². The predicted octanol–water partition coefficient (Wildman–Crippen LogP) is 2.03. The highest BCUT2D eigenvalue weighted by atomic mass is 15.0. The van der Waals surface area contributed by atoms with E-state index in [4.69, 9.17) is 0 Å². The van der Waals surface area contributed by atoms with E-state index in [9.17, 15) is 0 Å². The van der Waals surface area contributed by atoms with Crippen molar-refractivity contribution in [2.45, 2.75) is 33.1 Å². The Morgan fingerprint density at radius 1 is 1.20 bits per heavy atom. The molecule has 0 aliphatic carbocycles. The fraction of sp³-hybridized carbons (Fsp3) is 0.533. The van der Waals surface area contributed by atoms with Crippen LogP contribution in [-0.2, 0) is 6.42 Å². The van der Waals surface area contributed by atoms with Crippen LogP contribution in [0.4, 0.5) is 0 Å². The number of hydrogen-bond acceptors (Lipinski definition) is 4. The summed E-state index contributed by atoms with van der Waals surface area (Å²) in [6.07, 6.45) is 5.23. The standard InChI is InChI=1S/C15H21N5/c1-10-7-13(15-17-9-11(2)19-15)20-14(18-10)8-12-3-5-16-6-4-12/h7,9,12,16H,3-6,8H2,1-2H3,(H,17,19). The fourth-order valence-corrected chi connectivity index (χ4v) is 2.73. The first-order chi connectivity index (χ1) is 9.70. The van der Waals surface area contributed by atoms with Crippen molar-refractivity contribution in [3.63, 3.8) is 0 Å². The topological polar surface area (TPSA) is 66.5 Å². The summed E-state index contributed by atoms with van der Waals surface area (Å²) in [5.41, 5.74) is 2.96. The quantitative estimate of drug-likeness (QED) is 0.896. The van der Waals surface area contributed by atoms with Crippen molar-refractivity contribution in [3.05, 3.63) is 29.5 Å². The molecule has 0 unspecified atom stereocenters. The molecule has 5 nitrogen and oxygen atoms in total. The van der Waals surface area contributed by atoms with Gasteiger partial charge in [-0.3, -0.25) is 0 Å². The molecule has 1 saturated heterocycles. The highest BCUT2D eigenvalue weighted by molar-refractivity contribution is 5.49. The van der Waals surface area contributed by atoms with Gasteiger partial charge >= 0.3 is 0 Å². The number of nitrogens with zero attached hydrogens (tertiary/aromatic N) is 3. The summed E-state index contributed by atoms with van der Waals surface area (Å²) in [5.74, 6) is 2.48. The van der Waals surface area contributed by atoms with E-state index in [-0.39, 0.29) is 0 Å². The SMILES string of the molecule is Cc1cc(-c2ncc(C)[nH]2)nc(CC2CCNCC2)n1. The van der Waals surface area contributed by atoms with E-state index in [1.54, 1.807) is 0 Å². The molecule has 106 valence electrons. The van der Waals surface area contributed by atoms with E-state index in [2.05, 4.69) is 25.3 Å². The summed E-state index contributed by atoms with van der Waals surface area (Å²) in [5, 5.41) is 3.40. The molecule has 1 aliphatic heterocycles. The van der Waals surface area contributed by atoms with E-state index < -0.39 is 0 Å². The maximum atomic E-state index is 4.69. The molecule has 3 rings (SSSR count). The van der Waals surface area contributed by atoms with Gasteiger partial charge < -0.3 is 10.3 Å². The molecule has 2 N–H and O–H groups in total. The van der Waals surface area contributed by atoms with Crippen molar-refractivity contribution in [2.75, 3.05) is 13.1 Å². The molecule has 0 atom stereocenters. The maximum Gasteiger partial charge on any atom is 0.156 e. The molecule has 0 amide bonds. The van der Waals surface area contributed by atoms with Crippen LogP contribution in [0.5, 0.6) is 0 Å². The Labute approximate surface area is 119 Å². The van der Waals surface area contributed by atoms with Gasteiger partial charge in [0.1, 0.15) is 11.5 Å². The normalized spacial score (nSPS) is 16.5. The van der Waals surface area contributed by atoms with E-state index in [0.29, 0.717) is 5.92 Å². The summed E-state index contributed by atoms with van der Waals surface area (Å²) in [7, 11) is 0. The smallest absolute Gasteiger partial charge is 0.156 e. The van der Waals surface area contributed by atoms with Crippen LogP contribution < -0.4 is 5.32 Å². The van der Waals surface area contributed by atoms with Gasteiger partial charge in [0.25, 0.3) is 0 Å². The minimum atomic E-state index is 0.698. The Bertz CT molecular complexity index is 584. The van der Waals surface area contributed by atoms with Gasteiger partial charge in [-0.15, -0.1) is 0 Å². The van der Waals surface area contributed by atoms with Gasteiger partial charge in [0.15, 0.2) is 5.82 Å². The molecule has 1 fully saturated rings. The van der Waals surface area contributed by atoms with Crippen molar-refractivity contribution in [1.82, 2.24) is 25.3 Å². The summed E-state index contributed by atoms with van der Waals surface area (Å²) in [6, 6.07) is 1.99. The number of rotatable bonds is 3. The Balaban J connectivity index is 1.82.